The van der Waals surface area contributed by atoms with E-state index in [0.717, 1.165) is 4.47 Å². The fourth-order valence-electron chi connectivity index (χ4n) is 1.23. The molecule has 0 amide bonds. The Morgan fingerprint density at radius 2 is 2.54 bits per heavy atom. The maximum absolute atomic E-state index is 5.60. The van der Waals surface area contributed by atoms with Crippen molar-refractivity contribution < 1.29 is 4.74 Å². The number of ether oxygens (including phenoxy) is 1. The summed E-state index contributed by atoms with van der Waals surface area (Å²) in [5, 5.41) is 2.03. The molecule has 0 aromatic carbocycles. The Hall–Kier alpha value is -0.390. The number of hydrogen-bond acceptors (Lipinski definition) is 4. The molecule has 0 radical (unpaired) electrons. The summed E-state index contributed by atoms with van der Waals surface area (Å²) in [6, 6.07) is 2.09. The van der Waals surface area contributed by atoms with Gasteiger partial charge in [0.15, 0.2) is 0 Å². The van der Waals surface area contributed by atoms with Gasteiger partial charge in [-0.1, -0.05) is 0 Å². The SMILES string of the molecule is NC1=N[C@@H](c2sccc2Br)COC1. The predicted octanol–water partition coefficient (Wildman–Crippen LogP) is 1.94. The van der Waals surface area contributed by atoms with E-state index in [1.807, 2.05) is 11.4 Å². The van der Waals surface area contributed by atoms with Gasteiger partial charge in [-0.3, -0.25) is 4.99 Å². The number of aliphatic imine (C=N–C) groups is 1. The molecule has 5 heteroatoms. The smallest absolute Gasteiger partial charge is 0.121 e. The Balaban J connectivity index is 2.26. The summed E-state index contributed by atoms with van der Waals surface area (Å²) in [5.41, 5.74) is 5.60. The van der Waals surface area contributed by atoms with E-state index >= 15 is 0 Å². The van der Waals surface area contributed by atoms with E-state index in [1.165, 1.54) is 4.88 Å². The van der Waals surface area contributed by atoms with Gasteiger partial charge in [-0.2, -0.15) is 0 Å². The number of nitrogens with zero attached hydrogens (tertiary/aromatic N) is 1. The zero-order valence-corrected chi connectivity index (χ0v) is 9.27. The average molecular weight is 261 g/mol. The van der Waals surface area contributed by atoms with Crippen molar-refractivity contribution in [1.82, 2.24) is 0 Å². The quantitative estimate of drug-likeness (QED) is 0.839. The van der Waals surface area contributed by atoms with Crippen molar-refractivity contribution >= 4 is 33.1 Å². The summed E-state index contributed by atoms with van der Waals surface area (Å²) >= 11 is 5.14. The molecule has 1 aliphatic rings. The van der Waals surface area contributed by atoms with Crippen LogP contribution in [-0.2, 0) is 4.74 Å². The lowest BCUT2D eigenvalue weighted by Crippen LogP contribution is -2.27. The molecular weight excluding hydrogens is 252 g/mol. The summed E-state index contributed by atoms with van der Waals surface area (Å²) in [4.78, 5) is 5.52. The summed E-state index contributed by atoms with van der Waals surface area (Å²) in [6.07, 6.45) is 0. The summed E-state index contributed by atoms with van der Waals surface area (Å²) in [5.74, 6) is 0.580. The van der Waals surface area contributed by atoms with Crippen LogP contribution in [0.2, 0.25) is 0 Å². The lowest BCUT2D eigenvalue weighted by Gasteiger charge is -2.18. The molecular formula is C8H9BrN2OS. The van der Waals surface area contributed by atoms with Crippen LogP contribution in [0.1, 0.15) is 10.9 Å². The minimum absolute atomic E-state index is 0.0723. The summed E-state index contributed by atoms with van der Waals surface area (Å²) in [6.45, 7) is 1.08. The molecule has 70 valence electrons. The molecule has 0 saturated heterocycles. The molecule has 0 spiro atoms. The molecule has 1 aromatic rings. The first kappa shape index (κ1) is 9.18. The van der Waals surface area contributed by atoms with Crippen LogP contribution < -0.4 is 5.73 Å². The Morgan fingerprint density at radius 1 is 1.69 bits per heavy atom. The Kier molecular flexibility index (Phi) is 2.66. The number of hydrogen-bond donors (Lipinski definition) is 1. The van der Waals surface area contributed by atoms with Crippen LogP contribution in [0, 0.1) is 0 Å². The molecule has 1 aromatic heterocycles. The summed E-state index contributed by atoms with van der Waals surface area (Å²) in [7, 11) is 0. The van der Waals surface area contributed by atoms with Crippen LogP contribution >= 0.6 is 27.3 Å². The zero-order chi connectivity index (χ0) is 9.26. The average Bonchev–Trinajstić information content (AvgIpc) is 2.51. The van der Waals surface area contributed by atoms with Crippen LogP contribution in [0.5, 0.6) is 0 Å². The molecule has 1 aliphatic heterocycles. The van der Waals surface area contributed by atoms with Gasteiger partial charge in [0, 0.05) is 9.35 Å². The molecule has 13 heavy (non-hydrogen) atoms. The van der Waals surface area contributed by atoms with Gasteiger partial charge in [0.1, 0.15) is 18.5 Å². The predicted molar refractivity (Wildman–Crippen MR) is 57.2 cm³/mol. The van der Waals surface area contributed by atoms with Crippen LogP contribution in [0.4, 0.5) is 0 Å². The highest BCUT2D eigenvalue weighted by Gasteiger charge is 2.19. The number of nitrogens with two attached hydrogens (primary N) is 1. The molecule has 0 saturated carbocycles. The monoisotopic (exact) mass is 260 g/mol. The third-order valence-electron chi connectivity index (χ3n) is 1.79. The van der Waals surface area contributed by atoms with Crippen LogP contribution in [-0.4, -0.2) is 19.0 Å². The highest BCUT2D eigenvalue weighted by molar-refractivity contribution is 9.10. The van der Waals surface area contributed by atoms with E-state index in [9.17, 15) is 0 Å². The number of rotatable bonds is 1. The molecule has 0 unspecified atom stereocenters. The zero-order valence-electron chi connectivity index (χ0n) is 6.87. The largest absolute Gasteiger partial charge is 0.386 e. The van der Waals surface area contributed by atoms with E-state index in [0.29, 0.717) is 19.0 Å². The van der Waals surface area contributed by atoms with Crippen molar-refractivity contribution in [3.8, 4) is 0 Å². The van der Waals surface area contributed by atoms with Crippen molar-refractivity contribution in [1.29, 1.82) is 0 Å². The van der Waals surface area contributed by atoms with Crippen LogP contribution in [0.15, 0.2) is 20.9 Å². The second-order valence-corrected chi connectivity index (χ2v) is 4.59. The maximum Gasteiger partial charge on any atom is 0.121 e. The third-order valence-corrected chi connectivity index (χ3v) is 3.77. The number of thiophene rings is 1. The standard InChI is InChI=1S/C8H9BrN2OS/c9-5-1-2-13-8(5)6-3-12-4-7(10)11-6/h1-2,6H,3-4H2,(H2,10,11)/t6-/m1/s1. The molecule has 0 bridgehead atoms. The van der Waals surface area contributed by atoms with Gasteiger partial charge in [0.2, 0.25) is 0 Å². The topological polar surface area (TPSA) is 47.6 Å². The first-order valence-corrected chi connectivity index (χ1v) is 5.57. The van der Waals surface area contributed by atoms with Gasteiger partial charge in [-0.05, 0) is 27.4 Å². The van der Waals surface area contributed by atoms with E-state index < -0.39 is 0 Å². The summed E-state index contributed by atoms with van der Waals surface area (Å²) < 4.78 is 6.39. The van der Waals surface area contributed by atoms with Gasteiger partial charge in [-0.25, -0.2) is 0 Å². The minimum atomic E-state index is 0.0723. The van der Waals surface area contributed by atoms with Crippen molar-refractivity contribution in [2.75, 3.05) is 13.2 Å². The second-order valence-electron chi connectivity index (χ2n) is 2.78. The Bertz CT molecular complexity index is 337. The molecule has 1 atom stereocenters. The fourth-order valence-corrected chi connectivity index (χ4v) is 2.89. The maximum atomic E-state index is 5.60. The van der Waals surface area contributed by atoms with Gasteiger partial charge in [0.25, 0.3) is 0 Å². The van der Waals surface area contributed by atoms with E-state index in [4.69, 9.17) is 10.5 Å². The Labute approximate surface area is 88.7 Å². The van der Waals surface area contributed by atoms with Gasteiger partial charge >= 0.3 is 0 Å². The van der Waals surface area contributed by atoms with Crippen LogP contribution in [0.25, 0.3) is 0 Å². The van der Waals surface area contributed by atoms with Crippen molar-refractivity contribution in [3.05, 3.63) is 20.8 Å². The van der Waals surface area contributed by atoms with Gasteiger partial charge < -0.3 is 10.5 Å². The number of amidine groups is 1. The molecule has 0 fully saturated rings. The highest BCUT2D eigenvalue weighted by Crippen LogP contribution is 2.32. The second kappa shape index (κ2) is 3.77. The van der Waals surface area contributed by atoms with Crippen molar-refractivity contribution in [3.63, 3.8) is 0 Å². The lowest BCUT2D eigenvalue weighted by molar-refractivity contribution is 0.144. The van der Waals surface area contributed by atoms with Crippen molar-refractivity contribution in [2.45, 2.75) is 6.04 Å². The lowest BCUT2D eigenvalue weighted by atomic mass is 10.2. The molecule has 2 N–H and O–H groups in total. The van der Waals surface area contributed by atoms with E-state index in [1.54, 1.807) is 11.3 Å². The van der Waals surface area contributed by atoms with Gasteiger partial charge in [0.05, 0.1) is 6.61 Å². The normalized spacial score (nSPS) is 22.8. The van der Waals surface area contributed by atoms with Gasteiger partial charge in [-0.15, -0.1) is 11.3 Å². The van der Waals surface area contributed by atoms with E-state index in [-0.39, 0.29) is 6.04 Å². The molecule has 2 heterocycles. The molecule has 0 aliphatic carbocycles. The fraction of sp³-hybridized carbons (Fsp3) is 0.375. The molecule has 2 rings (SSSR count). The number of halogens is 1. The first-order chi connectivity index (χ1) is 6.27. The molecule has 3 nitrogen and oxygen atoms in total. The third kappa shape index (κ3) is 1.92. The van der Waals surface area contributed by atoms with Crippen LogP contribution in [0.3, 0.4) is 0 Å². The Morgan fingerprint density at radius 3 is 3.15 bits per heavy atom. The first-order valence-electron chi connectivity index (χ1n) is 3.90. The van der Waals surface area contributed by atoms with Crippen molar-refractivity contribution in [2.24, 2.45) is 10.7 Å². The van der Waals surface area contributed by atoms with E-state index in [2.05, 4.69) is 20.9 Å². The highest BCUT2D eigenvalue weighted by atomic mass is 79.9. The minimum Gasteiger partial charge on any atom is -0.386 e.